The number of aliphatic imine (C=N–C) groups is 1. The maximum absolute atomic E-state index is 12.1. The number of anilines is 1. The van der Waals surface area contributed by atoms with Crippen LogP contribution in [0.4, 0.5) is 5.69 Å². The predicted octanol–water partition coefficient (Wildman–Crippen LogP) is 2.70. The van der Waals surface area contributed by atoms with E-state index >= 15 is 0 Å². The molecule has 0 unspecified atom stereocenters. The summed E-state index contributed by atoms with van der Waals surface area (Å²) >= 11 is 7.29. The summed E-state index contributed by atoms with van der Waals surface area (Å²) in [6.45, 7) is 4.14. The molecule has 160 valence electrons. The number of halogens is 2. The van der Waals surface area contributed by atoms with E-state index in [0.717, 1.165) is 42.8 Å². The molecular weight excluding hydrogens is 545 g/mol. The van der Waals surface area contributed by atoms with Gasteiger partial charge in [0, 0.05) is 57.0 Å². The predicted molar refractivity (Wildman–Crippen MR) is 132 cm³/mol. The van der Waals surface area contributed by atoms with Gasteiger partial charge in [0.2, 0.25) is 10.0 Å². The van der Waals surface area contributed by atoms with Gasteiger partial charge in [-0.25, -0.2) is 13.1 Å². The third kappa shape index (κ3) is 6.71. The highest BCUT2D eigenvalue weighted by Crippen LogP contribution is 2.20. The van der Waals surface area contributed by atoms with Crippen molar-refractivity contribution in [1.29, 1.82) is 0 Å². The number of nitrogens with one attached hydrogen (secondary N) is 2. The van der Waals surface area contributed by atoms with Gasteiger partial charge < -0.3 is 15.1 Å². The van der Waals surface area contributed by atoms with Crippen molar-refractivity contribution in [3.05, 3.63) is 46.8 Å². The number of thiophene rings is 1. The molecule has 1 saturated heterocycles. The summed E-state index contributed by atoms with van der Waals surface area (Å²) in [5, 5.41) is 5.72. The molecule has 0 aliphatic carbocycles. The Labute approximate surface area is 198 Å². The standard InChI is InChI=1S/C18H24ClN5O2S2.HI/c1-20-18(21-7-8-22-28(25,26)17-6-3-13-27-17)24-11-9-23(10-12-24)16-5-2-4-15(19)14-16;/h2-6,13-14,22H,7-12H2,1H3,(H,20,21);1H. The van der Waals surface area contributed by atoms with E-state index < -0.39 is 10.0 Å². The van der Waals surface area contributed by atoms with E-state index in [-0.39, 0.29) is 24.0 Å². The largest absolute Gasteiger partial charge is 0.368 e. The van der Waals surface area contributed by atoms with Crippen LogP contribution in [-0.4, -0.2) is 65.6 Å². The van der Waals surface area contributed by atoms with Gasteiger partial charge in [-0.3, -0.25) is 4.99 Å². The van der Waals surface area contributed by atoms with E-state index in [1.165, 1.54) is 11.3 Å². The van der Waals surface area contributed by atoms with Crippen LogP contribution < -0.4 is 14.9 Å². The van der Waals surface area contributed by atoms with Crippen molar-refractivity contribution in [1.82, 2.24) is 14.9 Å². The molecule has 0 radical (unpaired) electrons. The number of nitrogens with zero attached hydrogens (tertiary/aromatic N) is 3. The lowest BCUT2D eigenvalue weighted by atomic mass is 10.2. The normalized spacial score (nSPS) is 15.2. The van der Waals surface area contributed by atoms with Crippen molar-refractivity contribution in [2.45, 2.75) is 4.21 Å². The second kappa shape index (κ2) is 11.3. The molecule has 1 fully saturated rings. The Morgan fingerprint density at radius 1 is 1.17 bits per heavy atom. The SMILES string of the molecule is CN=C(NCCNS(=O)(=O)c1cccs1)N1CCN(c2cccc(Cl)c2)CC1.I. The number of hydrogen-bond acceptors (Lipinski definition) is 5. The molecule has 1 aliphatic heterocycles. The van der Waals surface area contributed by atoms with Crippen molar-refractivity contribution in [2.24, 2.45) is 4.99 Å². The fourth-order valence-electron chi connectivity index (χ4n) is 3.03. The molecule has 1 aliphatic rings. The molecule has 0 bridgehead atoms. The highest BCUT2D eigenvalue weighted by atomic mass is 127. The Hall–Kier alpha value is -1.08. The first-order chi connectivity index (χ1) is 13.5. The van der Waals surface area contributed by atoms with Crippen LogP contribution in [0.25, 0.3) is 0 Å². The molecule has 0 saturated carbocycles. The fourth-order valence-corrected chi connectivity index (χ4v) is 5.28. The zero-order valence-corrected chi connectivity index (χ0v) is 20.8. The topological polar surface area (TPSA) is 77.0 Å². The molecule has 2 heterocycles. The minimum atomic E-state index is -3.43. The van der Waals surface area contributed by atoms with Gasteiger partial charge in [-0.2, -0.15) is 0 Å². The number of guanidine groups is 1. The monoisotopic (exact) mass is 569 g/mol. The molecule has 1 aromatic carbocycles. The lowest BCUT2D eigenvalue weighted by molar-refractivity contribution is 0.373. The van der Waals surface area contributed by atoms with Crippen molar-refractivity contribution in [3.63, 3.8) is 0 Å². The van der Waals surface area contributed by atoms with E-state index in [0.29, 0.717) is 17.3 Å². The minimum absolute atomic E-state index is 0. The molecule has 2 N–H and O–H groups in total. The third-order valence-corrected chi connectivity index (χ3v) is 7.52. The molecule has 0 spiro atoms. The third-order valence-electron chi connectivity index (χ3n) is 4.42. The molecular formula is C18H25ClIN5O2S2. The fraction of sp³-hybridized carbons (Fsp3) is 0.389. The zero-order chi connectivity index (χ0) is 20.0. The quantitative estimate of drug-likeness (QED) is 0.242. The zero-order valence-electron chi connectivity index (χ0n) is 16.0. The summed E-state index contributed by atoms with van der Waals surface area (Å²) in [5.74, 6) is 0.779. The highest BCUT2D eigenvalue weighted by Gasteiger charge is 2.20. The molecule has 29 heavy (non-hydrogen) atoms. The van der Waals surface area contributed by atoms with E-state index in [1.807, 2.05) is 18.2 Å². The van der Waals surface area contributed by atoms with Crippen LogP contribution in [0.15, 0.2) is 51.0 Å². The van der Waals surface area contributed by atoms with Crippen LogP contribution in [0.1, 0.15) is 0 Å². The maximum Gasteiger partial charge on any atom is 0.250 e. The lowest BCUT2D eigenvalue weighted by Gasteiger charge is -2.37. The summed E-state index contributed by atoms with van der Waals surface area (Å²) in [5.41, 5.74) is 1.12. The maximum atomic E-state index is 12.1. The summed E-state index contributed by atoms with van der Waals surface area (Å²) in [4.78, 5) is 8.80. The molecule has 7 nitrogen and oxygen atoms in total. The van der Waals surface area contributed by atoms with E-state index in [9.17, 15) is 8.42 Å². The van der Waals surface area contributed by atoms with Gasteiger partial charge in [-0.1, -0.05) is 23.7 Å². The van der Waals surface area contributed by atoms with Crippen LogP contribution in [-0.2, 0) is 10.0 Å². The summed E-state index contributed by atoms with van der Waals surface area (Å²) < 4.78 is 27.2. The van der Waals surface area contributed by atoms with Gasteiger partial charge in [0.25, 0.3) is 0 Å². The van der Waals surface area contributed by atoms with Crippen LogP contribution >= 0.6 is 46.9 Å². The van der Waals surface area contributed by atoms with Gasteiger partial charge >= 0.3 is 0 Å². The molecule has 2 aromatic rings. The number of rotatable bonds is 6. The first-order valence-electron chi connectivity index (χ1n) is 8.99. The number of hydrogen-bond donors (Lipinski definition) is 2. The molecule has 3 rings (SSSR count). The Morgan fingerprint density at radius 2 is 1.93 bits per heavy atom. The lowest BCUT2D eigenvalue weighted by Crippen LogP contribution is -2.53. The average molecular weight is 570 g/mol. The smallest absolute Gasteiger partial charge is 0.250 e. The Kier molecular flexibility index (Phi) is 9.47. The van der Waals surface area contributed by atoms with Gasteiger partial charge in [0.15, 0.2) is 5.96 Å². The number of benzene rings is 1. The Balaban J connectivity index is 0.00000300. The van der Waals surface area contributed by atoms with Crippen LogP contribution in [0.5, 0.6) is 0 Å². The van der Waals surface area contributed by atoms with Gasteiger partial charge in [-0.15, -0.1) is 35.3 Å². The Morgan fingerprint density at radius 3 is 2.55 bits per heavy atom. The van der Waals surface area contributed by atoms with Gasteiger partial charge in [0.1, 0.15) is 4.21 Å². The molecule has 11 heteroatoms. The summed E-state index contributed by atoms with van der Waals surface area (Å²) in [6, 6.07) is 11.2. The first kappa shape index (κ1) is 24.2. The number of sulfonamides is 1. The minimum Gasteiger partial charge on any atom is -0.368 e. The second-order valence-electron chi connectivity index (χ2n) is 6.26. The molecule has 0 amide bonds. The van der Waals surface area contributed by atoms with E-state index in [1.54, 1.807) is 24.6 Å². The van der Waals surface area contributed by atoms with Crippen LogP contribution in [0, 0.1) is 0 Å². The summed E-state index contributed by atoms with van der Waals surface area (Å²) in [6.07, 6.45) is 0. The summed E-state index contributed by atoms with van der Waals surface area (Å²) in [7, 11) is -1.69. The van der Waals surface area contributed by atoms with Gasteiger partial charge in [-0.05, 0) is 29.6 Å². The van der Waals surface area contributed by atoms with E-state index in [4.69, 9.17) is 11.6 Å². The first-order valence-corrected chi connectivity index (χ1v) is 11.7. The molecule has 0 atom stereocenters. The Bertz CT molecular complexity index is 901. The van der Waals surface area contributed by atoms with Crippen molar-refractivity contribution in [2.75, 3.05) is 51.2 Å². The van der Waals surface area contributed by atoms with Crippen molar-refractivity contribution in [3.8, 4) is 0 Å². The van der Waals surface area contributed by atoms with Crippen molar-refractivity contribution < 1.29 is 8.42 Å². The number of piperazine rings is 1. The van der Waals surface area contributed by atoms with Crippen LogP contribution in [0.2, 0.25) is 5.02 Å². The highest BCUT2D eigenvalue weighted by molar-refractivity contribution is 14.0. The average Bonchev–Trinajstić information content (AvgIpc) is 3.24. The van der Waals surface area contributed by atoms with Gasteiger partial charge in [0.05, 0.1) is 0 Å². The van der Waals surface area contributed by atoms with Crippen molar-refractivity contribution >= 4 is 68.6 Å². The van der Waals surface area contributed by atoms with E-state index in [2.05, 4.69) is 30.9 Å². The van der Waals surface area contributed by atoms with Crippen LogP contribution in [0.3, 0.4) is 0 Å². The second-order valence-corrected chi connectivity index (χ2v) is 9.64. The molecule has 1 aromatic heterocycles.